The molecule has 0 spiro atoms. The number of thioether (sulfide) groups is 1. The van der Waals surface area contributed by atoms with Gasteiger partial charge in [-0.3, -0.25) is 9.59 Å². The first kappa shape index (κ1) is 16.3. The Balaban J connectivity index is 1.85. The average molecular weight is 339 g/mol. The van der Waals surface area contributed by atoms with E-state index in [1.165, 1.54) is 30.0 Å². The van der Waals surface area contributed by atoms with Gasteiger partial charge >= 0.3 is 5.97 Å². The highest BCUT2D eigenvalue weighted by molar-refractivity contribution is 7.98. The minimum absolute atomic E-state index is 0.182. The van der Waals surface area contributed by atoms with E-state index in [0.717, 1.165) is 0 Å². The van der Waals surface area contributed by atoms with Crippen molar-refractivity contribution < 1.29 is 23.8 Å². The summed E-state index contributed by atoms with van der Waals surface area (Å²) in [5.74, 6) is -1.68. The second-order valence-electron chi connectivity index (χ2n) is 6.02. The molecule has 0 unspecified atom stereocenters. The van der Waals surface area contributed by atoms with E-state index in [4.69, 9.17) is 4.74 Å². The molecule has 0 radical (unpaired) electrons. The molecule has 2 aliphatic rings. The SMILES string of the molecule is CSc1cc(C(=O)N2C[C@H]3COCC[C@@]3(C(=O)O)C2)ccc1F. The summed E-state index contributed by atoms with van der Waals surface area (Å²) in [5, 5.41) is 9.64. The third-order valence-electron chi connectivity index (χ3n) is 4.82. The summed E-state index contributed by atoms with van der Waals surface area (Å²) in [6, 6.07) is 4.25. The third-order valence-corrected chi connectivity index (χ3v) is 5.57. The lowest BCUT2D eigenvalue weighted by atomic mass is 9.74. The van der Waals surface area contributed by atoms with Gasteiger partial charge in [0.15, 0.2) is 0 Å². The van der Waals surface area contributed by atoms with E-state index < -0.39 is 11.4 Å². The van der Waals surface area contributed by atoms with Crippen molar-refractivity contribution in [1.82, 2.24) is 4.90 Å². The van der Waals surface area contributed by atoms with Crippen molar-refractivity contribution in [3.8, 4) is 0 Å². The summed E-state index contributed by atoms with van der Waals surface area (Å²) in [7, 11) is 0. The molecule has 7 heteroatoms. The van der Waals surface area contributed by atoms with Gasteiger partial charge in [-0.15, -0.1) is 11.8 Å². The maximum absolute atomic E-state index is 13.6. The largest absolute Gasteiger partial charge is 0.481 e. The van der Waals surface area contributed by atoms with Crippen LogP contribution in [-0.4, -0.2) is 54.4 Å². The van der Waals surface area contributed by atoms with E-state index in [1.807, 2.05) is 0 Å². The fourth-order valence-corrected chi connectivity index (χ4v) is 3.94. The molecular weight excluding hydrogens is 321 g/mol. The van der Waals surface area contributed by atoms with Gasteiger partial charge in [0.2, 0.25) is 0 Å². The number of halogens is 1. The first-order valence-corrected chi connectivity index (χ1v) is 8.64. The van der Waals surface area contributed by atoms with Gasteiger partial charge in [0.25, 0.3) is 5.91 Å². The minimum Gasteiger partial charge on any atom is -0.481 e. The number of carboxylic acid groups (broad SMARTS) is 1. The molecule has 2 atom stereocenters. The number of fused-ring (bicyclic) bond motifs is 1. The second-order valence-corrected chi connectivity index (χ2v) is 6.87. The maximum Gasteiger partial charge on any atom is 0.311 e. The highest BCUT2D eigenvalue weighted by atomic mass is 32.2. The summed E-state index contributed by atoms with van der Waals surface area (Å²) in [4.78, 5) is 26.4. The predicted molar refractivity (Wildman–Crippen MR) is 83.1 cm³/mol. The quantitative estimate of drug-likeness (QED) is 0.855. The van der Waals surface area contributed by atoms with E-state index in [2.05, 4.69) is 0 Å². The Bertz CT molecular complexity index is 653. The molecule has 5 nitrogen and oxygen atoms in total. The summed E-state index contributed by atoms with van der Waals surface area (Å²) in [5.41, 5.74) is -0.535. The van der Waals surface area contributed by atoms with Crippen molar-refractivity contribution in [2.24, 2.45) is 11.3 Å². The number of rotatable bonds is 3. The standard InChI is InChI=1S/C16H18FNO4S/c1-23-13-6-10(2-3-12(13)17)14(19)18-7-11-8-22-5-4-16(11,9-18)15(20)21/h2-3,6,11H,4-5,7-9H2,1H3,(H,20,21)/t11-,16+/m0/s1. The van der Waals surface area contributed by atoms with Gasteiger partial charge in [0, 0.05) is 36.1 Å². The molecule has 23 heavy (non-hydrogen) atoms. The van der Waals surface area contributed by atoms with Crippen LogP contribution in [0.5, 0.6) is 0 Å². The molecule has 0 bridgehead atoms. The van der Waals surface area contributed by atoms with Crippen LogP contribution in [-0.2, 0) is 9.53 Å². The second kappa shape index (κ2) is 6.13. The highest BCUT2D eigenvalue weighted by Gasteiger charge is 2.54. The Labute approximate surface area is 137 Å². The number of carbonyl (C=O) groups excluding carboxylic acids is 1. The van der Waals surface area contributed by atoms with Crippen LogP contribution in [0.4, 0.5) is 4.39 Å². The lowest BCUT2D eigenvalue weighted by molar-refractivity contribution is -0.157. The Morgan fingerprint density at radius 3 is 2.91 bits per heavy atom. The highest BCUT2D eigenvalue weighted by Crippen LogP contribution is 2.42. The van der Waals surface area contributed by atoms with Crippen molar-refractivity contribution in [2.45, 2.75) is 11.3 Å². The van der Waals surface area contributed by atoms with Crippen molar-refractivity contribution in [2.75, 3.05) is 32.6 Å². The Kier molecular flexibility index (Phi) is 4.33. The van der Waals surface area contributed by atoms with Gasteiger partial charge in [-0.2, -0.15) is 0 Å². The summed E-state index contributed by atoms with van der Waals surface area (Å²) < 4.78 is 19.0. The fraction of sp³-hybridized carbons (Fsp3) is 0.500. The van der Waals surface area contributed by atoms with Gasteiger partial charge in [-0.1, -0.05) is 0 Å². The summed E-state index contributed by atoms with van der Waals surface area (Å²) in [6.45, 7) is 1.30. The fourth-order valence-electron chi connectivity index (χ4n) is 3.43. The van der Waals surface area contributed by atoms with Gasteiger partial charge in [-0.25, -0.2) is 4.39 Å². The Morgan fingerprint density at radius 1 is 1.48 bits per heavy atom. The number of carboxylic acids is 1. The summed E-state index contributed by atoms with van der Waals surface area (Å²) in [6.07, 6.45) is 2.16. The van der Waals surface area contributed by atoms with E-state index >= 15 is 0 Å². The molecule has 1 N–H and O–H groups in total. The van der Waals surface area contributed by atoms with E-state index in [-0.39, 0.29) is 24.2 Å². The molecule has 2 saturated heterocycles. The molecule has 1 amide bonds. The zero-order valence-corrected chi connectivity index (χ0v) is 13.6. The molecule has 1 aromatic carbocycles. The topological polar surface area (TPSA) is 66.8 Å². The smallest absolute Gasteiger partial charge is 0.311 e. The maximum atomic E-state index is 13.6. The molecule has 0 aliphatic carbocycles. The first-order chi connectivity index (χ1) is 11.0. The predicted octanol–water partition coefficient (Wildman–Crippen LogP) is 2.11. The van der Waals surface area contributed by atoms with E-state index in [1.54, 1.807) is 11.2 Å². The number of nitrogens with zero attached hydrogens (tertiary/aromatic N) is 1. The van der Waals surface area contributed by atoms with Gasteiger partial charge < -0.3 is 14.7 Å². The first-order valence-electron chi connectivity index (χ1n) is 7.42. The van der Waals surface area contributed by atoms with Crippen LogP contribution in [0.3, 0.4) is 0 Å². The molecule has 0 saturated carbocycles. The van der Waals surface area contributed by atoms with Crippen molar-refractivity contribution in [3.05, 3.63) is 29.6 Å². The van der Waals surface area contributed by atoms with Crippen LogP contribution in [0.15, 0.2) is 23.1 Å². The zero-order chi connectivity index (χ0) is 16.6. The molecule has 1 aromatic rings. The zero-order valence-electron chi connectivity index (χ0n) is 12.8. The Hall–Kier alpha value is -1.60. The van der Waals surface area contributed by atoms with Crippen LogP contribution < -0.4 is 0 Å². The number of ether oxygens (including phenoxy) is 1. The van der Waals surface area contributed by atoms with Gasteiger partial charge in [0.1, 0.15) is 5.82 Å². The van der Waals surface area contributed by atoms with Crippen molar-refractivity contribution >= 4 is 23.6 Å². The van der Waals surface area contributed by atoms with E-state index in [9.17, 15) is 19.1 Å². The molecule has 3 rings (SSSR count). The van der Waals surface area contributed by atoms with Crippen LogP contribution in [0.2, 0.25) is 0 Å². The number of hydrogen-bond donors (Lipinski definition) is 1. The Morgan fingerprint density at radius 2 is 2.26 bits per heavy atom. The minimum atomic E-state index is -0.920. The number of likely N-dealkylation sites (tertiary alicyclic amines) is 1. The molecule has 2 fully saturated rings. The van der Waals surface area contributed by atoms with Crippen molar-refractivity contribution in [1.29, 1.82) is 0 Å². The number of benzene rings is 1. The third kappa shape index (κ3) is 2.72. The number of amides is 1. The summed E-state index contributed by atoms with van der Waals surface area (Å²) >= 11 is 1.23. The monoisotopic (exact) mass is 339 g/mol. The van der Waals surface area contributed by atoms with Crippen LogP contribution in [0.25, 0.3) is 0 Å². The van der Waals surface area contributed by atoms with Crippen LogP contribution >= 0.6 is 11.8 Å². The molecular formula is C16H18FNO4S. The average Bonchev–Trinajstić information content (AvgIpc) is 2.95. The van der Waals surface area contributed by atoms with Gasteiger partial charge in [0.05, 0.1) is 12.0 Å². The molecule has 2 heterocycles. The van der Waals surface area contributed by atoms with E-state index in [0.29, 0.717) is 36.6 Å². The van der Waals surface area contributed by atoms with Gasteiger partial charge in [-0.05, 0) is 30.9 Å². The van der Waals surface area contributed by atoms with Crippen LogP contribution in [0, 0.1) is 17.2 Å². The number of carbonyl (C=O) groups is 2. The van der Waals surface area contributed by atoms with Crippen molar-refractivity contribution in [3.63, 3.8) is 0 Å². The molecule has 124 valence electrons. The molecule has 2 aliphatic heterocycles. The number of hydrogen-bond acceptors (Lipinski definition) is 4. The lowest BCUT2D eigenvalue weighted by Gasteiger charge is -2.33. The number of aliphatic carboxylic acids is 1. The lowest BCUT2D eigenvalue weighted by Crippen LogP contribution is -2.45. The van der Waals surface area contributed by atoms with Crippen LogP contribution in [0.1, 0.15) is 16.8 Å². The molecule has 0 aromatic heterocycles. The normalized spacial score (nSPS) is 26.9.